The molecule has 1 aliphatic rings. The van der Waals surface area contributed by atoms with E-state index in [1.165, 1.54) is 11.8 Å². The van der Waals surface area contributed by atoms with Gasteiger partial charge in [0.25, 0.3) is 0 Å². The SMILES string of the molecule is CCNC(=NCc1nc(C(C)OCC)no1)N1CCN(C(C)C(F)(F)F)CC1. The van der Waals surface area contributed by atoms with Gasteiger partial charge in [-0.15, -0.1) is 0 Å². The molecule has 2 atom stereocenters. The van der Waals surface area contributed by atoms with E-state index in [2.05, 4.69) is 20.4 Å². The summed E-state index contributed by atoms with van der Waals surface area (Å²) in [4.78, 5) is 12.2. The van der Waals surface area contributed by atoms with Crippen LogP contribution in [0.4, 0.5) is 13.2 Å². The van der Waals surface area contributed by atoms with Crippen LogP contribution in [0.1, 0.15) is 45.5 Å². The summed E-state index contributed by atoms with van der Waals surface area (Å²) in [5.74, 6) is 1.45. The first-order valence-corrected chi connectivity index (χ1v) is 9.54. The van der Waals surface area contributed by atoms with Gasteiger partial charge in [-0.1, -0.05) is 5.16 Å². The van der Waals surface area contributed by atoms with Crippen molar-refractivity contribution in [3.05, 3.63) is 11.7 Å². The lowest BCUT2D eigenvalue weighted by Crippen LogP contribution is -2.56. The molecule has 0 spiro atoms. The van der Waals surface area contributed by atoms with E-state index in [4.69, 9.17) is 9.26 Å². The van der Waals surface area contributed by atoms with Gasteiger partial charge in [-0.2, -0.15) is 18.2 Å². The van der Waals surface area contributed by atoms with E-state index in [0.29, 0.717) is 57.0 Å². The van der Waals surface area contributed by atoms with Crippen molar-refractivity contribution >= 4 is 5.96 Å². The second-order valence-electron chi connectivity index (χ2n) is 6.55. The summed E-state index contributed by atoms with van der Waals surface area (Å²) >= 11 is 0. The molecule has 0 aliphatic carbocycles. The van der Waals surface area contributed by atoms with Crippen molar-refractivity contribution in [2.45, 2.75) is 52.6 Å². The van der Waals surface area contributed by atoms with E-state index in [-0.39, 0.29) is 12.6 Å². The van der Waals surface area contributed by atoms with E-state index in [1.54, 1.807) is 0 Å². The van der Waals surface area contributed by atoms with Gasteiger partial charge in [0.1, 0.15) is 18.7 Å². The lowest BCUT2D eigenvalue weighted by atomic mass is 10.2. The standard InChI is InChI=1S/C17H29F3N6O2/c1-5-21-16(22-11-14-23-15(24-28-14)12(3)27-6-2)26-9-7-25(8-10-26)13(4)17(18,19)20/h12-13H,5-11H2,1-4H3,(H,21,22). The summed E-state index contributed by atoms with van der Waals surface area (Å²) in [5.41, 5.74) is 0. The molecular weight excluding hydrogens is 377 g/mol. The minimum Gasteiger partial charge on any atom is -0.371 e. The number of halogens is 3. The quantitative estimate of drug-likeness (QED) is 0.549. The van der Waals surface area contributed by atoms with Crippen molar-refractivity contribution in [1.29, 1.82) is 0 Å². The lowest BCUT2D eigenvalue weighted by Gasteiger charge is -2.39. The predicted molar refractivity (Wildman–Crippen MR) is 97.8 cm³/mol. The Labute approximate surface area is 163 Å². The van der Waals surface area contributed by atoms with Crippen LogP contribution in [-0.4, -0.2) is 77.4 Å². The Morgan fingerprint density at radius 1 is 1.25 bits per heavy atom. The van der Waals surface area contributed by atoms with Crippen LogP contribution in [-0.2, 0) is 11.3 Å². The topological polar surface area (TPSA) is 79.0 Å². The number of rotatable bonds is 7. The fourth-order valence-corrected chi connectivity index (χ4v) is 2.92. The van der Waals surface area contributed by atoms with Crippen LogP contribution in [0.3, 0.4) is 0 Å². The minimum absolute atomic E-state index is 0.188. The second kappa shape index (κ2) is 10.1. The minimum atomic E-state index is -4.21. The van der Waals surface area contributed by atoms with Gasteiger partial charge in [-0.05, 0) is 27.7 Å². The van der Waals surface area contributed by atoms with Crippen LogP contribution in [0.25, 0.3) is 0 Å². The Hall–Kier alpha value is -1.88. The number of piperazine rings is 1. The highest BCUT2D eigenvalue weighted by Gasteiger charge is 2.41. The molecule has 2 unspecified atom stereocenters. The number of nitrogens with zero attached hydrogens (tertiary/aromatic N) is 5. The first kappa shape index (κ1) is 22.4. The highest BCUT2D eigenvalue weighted by atomic mass is 19.4. The van der Waals surface area contributed by atoms with E-state index in [1.807, 2.05) is 25.7 Å². The maximum absolute atomic E-state index is 12.9. The number of aliphatic imine (C=N–C) groups is 1. The van der Waals surface area contributed by atoms with Gasteiger partial charge in [-0.25, -0.2) is 4.99 Å². The molecule has 0 radical (unpaired) electrons. The summed E-state index contributed by atoms with van der Waals surface area (Å²) < 4.78 is 49.3. The van der Waals surface area contributed by atoms with Crippen molar-refractivity contribution in [1.82, 2.24) is 25.3 Å². The van der Waals surface area contributed by atoms with Crippen molar-refractivity contribution in [2.75, 3.05) is 39.3 Å². The smallest absolute Gasteiger partial charge is 0.371 e. The highest BCUT2D eigenvalue weighted by molar-refractivity contribution is 5.80. The molecule has 0 bridgehead atoms. The number of aromatic nitrogens is 2. The molecule has 0 saturated carbocycles. The average molecular weight is 406 g/mol. The number of alkyl halides is 3. The Balaban J connectivity index is 1.96. The third kappa shape index (κ3) is 6.06. The molecule has 2 heterocycles. The van der Waals surface area contributed by atoms with Gasteiger partial charge in [0.2, 0.25) is 5.89 Å². The molecule has 1 saturated heterocycles. The largest absolute Gasteiger partial charge is 0.403 e. The van der Waals surface area contributed by atoms with Crippen LogP contribution in [0.15, 0.2) is 9.52 Å². The van der Waals surface area contributed by atoms with Crippen molar-refractivity contribution in [3.8, 4) is 0 Å². The summed E-state index contributed by atoms with van der Waals surface area (Å²) in [7, 11) is 0. The molecule has 1 aromatic heterocycles. The highest BCUT2D eigenvalue weighted by Crippen LogP contribution is 2.25. The van der Waals surface area contributed by atoms with E-state index in [0.717, 1.165) is 0 Å². The van der Waals surface area contributed by atoms with Gasteiger partial charge in [0.05, 0.1) is 0 Å². The van der Waals surface area contributed by atoms with Gasteiger partial charge in [0, 0.05) is 39.3 Å². The Morgan fingerprint density at radius 2 is 1.93 bits per heavy atom. The van der Waals surface area contributed by atoms with E-state index < -0.39 is 12.2 Å². The van der Waals surface area contributed by atoms with Crippen molar-refractivity contribution in [2.24, 2.45) is 4.99 Å². The molecule has 11 heteroatoms. The molecule has 1 N–H and O–H groups in total. The monoisotopic (exact) mass is 406 g/mol. The number of nitrogens with one attached hydrogen (secondary N) is 1. The Bertz CT molecular complexity index is 629. The second-order valence-corrected chi connectivity index (χ2v) is 6.55. The summed E-state index contributed by atoms with van der Waals surface area (Å²) in [6, 6.07) is -1.45. The summed E-state index contributed by atoms with van der Waals surface area (Å²) in [6.45, 7) is 9.81. The zero-order valence-electron chi connectivity index (χ0n) is 16.8. The van der Waals surface area contributed by atoms with Crippen LogP contribution in [0.2, 0.25) is 0 Å². The molecule has 1 aliphatic heterocycles. The predicted octanol–water partition coefficient (Wildman–Crippen LogP) is 2.20. The molecule has 160 valence electrons. The van der Waals surface area contributed by atoms with Gasteiger partial charge in [0.15, 0.2) is 11.8 Å². The first-order chi connectivity index (χ1) is 13.3. The normalized spacial score (nSPS) is 19.0. The zero-order valence-corrected chi connectivity index (χ0v) is 16.8. The first-order valence-electron chi connectivity index (χ1n) is 9.54. The third-order valence-electron chi connectivity index (χ3n) is 4.60. The fraction of sp³-hybridized carbons (Fsp3) is 0.824. The fourth-order valence-electron chi connectivity index (χ4n) is 2.92. The van der Waals surface area contributed by atoms with Gasteiger partial charge < -0.3 is 19.5 Å². The van der Waals surface area contributed by atoms with Gasteiger partial charge >= 0.3 is 6.18 Å². The Morgan fingerprint density at radius 3 is 2.50 bits per heavy atom. The number of ether oxygens (including phenoxy) is 1. The molecular formula is C17H29F3N6O2. The van der Waals surface area contributed by atoms with Crippen LogP contribution < -0.4 is 5.32 Å². The van der Waals surface area contributed by atoms with E-state index >= 15 is 0 Å². The van der Waals surface area contributed by atoms with E-state index in [9.17, 15) is 13.2 Å². The average Bonchev–Trinajstić information content (AvgIpc) is 3.13. The molecule has 2 rings (SSSR count). The van der Waals surface area contributed by atoms with Gasteiger partial charge in [-0.3, -0.25) is 4.90 Å². The molecule has 28 heavy (non-hydrogen) atoms. The summed E-state index contributed by atoms with van der Waals surface area (Å²) in [6.07, 6.45) is -4.47. The van der Waals surface area contributed by atoms with Crippen LogP contribution in [0, 0.1) is 0 Å². The molecule has 0 amide bonds. The van der Waals surface area contributed by atoms with Crippen LogP contribution in [0.5, 0.6) is 0 Å². The maximum Gasteiger partial charge on any atom is 0.403 e. The molecule has 1 fully saturated rings. The third-order valence-corrected chi connectivity index (χ3v) is 4.60. The van der Waals surface area contributed by atoms with Crippen molar-refractivity contribution in [3.63, 3.8) is 0 Å². The summed E-state index contributed by atoms with van der Waals surface area (Å²) in [5, 5.41) is 7.06. The Kier molecular flexibility index (Phi) is 8.05. The maximum atomic E-state index is 12.9. The molecule has 8 nitrogen and oxygen atoms in total. The molecule has 0 aromatic carbocycles. The zero-order chi connectivity index (χ0) is 20.7. The molecule has 1 aromatic rings. The van der Waals surface area contributed by atoms with Crippen LogP contribution >= 0.6 is 0 Å². The van der Waals surface area contributed by atoms with Crippen molar-refractivity contribution < 1.29 is 22.4 Å². The lowest BCUT2D eigenvalue weighted by molar-refractivity contribution is -0.181. The number of hydrogen-bond acceptors (Lipinski definition) is 6. The number of guanidine groups is 1. The number of hydrogen-bond donors (Lipinski definition) is 1.